The van der Waals surface area contributed by atoms with E-state index in [4.69, 9.17) is 4.74 Å². The number of urea groups is 1. The number of rotatable bonds is 8. The van der Waals surface area contributed by atoms with Crippen molar-refractivity contribution in [1.82, 2.24) is 10.6 Å². The number of nitrogens with one attached hydrogen (secondary N) is 2. The Bertz CT molecular complexity index is 461. The van der Waals surface area contributed by atoms with Crippen molar-refractivity contribution >= 4 is 6.03 Å². The van der Waals surface area contributed by atoms with Crippen molar-refractivity contribution in [3.05, 3.63) is 35.9 Å². The summed E-state index contributed by atoms with van der Waals surface area (Å²) < 4.78 is 5.66. The van der Waals surface area contributed by atoms with Crippen LogP contribution >= 0.6 is 0 Å². The van der Waals surface area contributed by atoms with Crippen LogP contribution in [0.3, 0.4) is 0 Å². The largest absolute Gasteiger partial charge is 0.396 e. The standard InChI is InChI=1S/C18H28N2O3/c1-2-16(17-9-6-12-23-17)20-18(22)19-13-15(10-11-21)14-7-4-3-5-8-14/h3-5,7-8,15-17,21H,2,6,9-13H2,1H3,(H2,19,20,22). The second-order valence-electron chi connectivity index (χ2n) is 6.04. The van der Waals surface area contributed by atoms with Crippen LogP contribution in [0.2, 0.25) is 0 Å². The maximum Gasteiger partial charge on any atom is 0.315 e. The Morgan fingerprint density at radius 3 is 2.78 bits per heavy atom. The van der Waals surface area contributed by atoms with Gasteiger partial charge in [0.25, 0.3) is 0 Å². The number of aliphatic hydroxyl groups excluding tert-OH is 1. The van der Waals surface area contributed by atoms with Gasteiger partial charge in [-0.2, -0.15) is 0 Å². The molecular formula is C18H28N2O3. The van der Waals surface area contributed by atoms with Gasteiger partial charge in [0, 0.05) is 25.7 Å². The summed E-state index contributed by atoms with van der Waals surface area (Å²) in [4.78, 5) is 12.2. The van der Waals surface area contributed by atoms with Gasteiger partial charge in [-0.05, 0) is 31.2 Å². The first-order chi connectivity index (χ1) is 11.2. The lowest BCUT2D eigenvalue weighted by atomic mass is 9.96. The molecule has 23 heavy (non-hydrogen) atoms. The summed E-state index contributed by atoms with van der Waals surface area (Å²) >= 11 is 0. The van der Waals surface area contributed by atoms with E-state index < -0.39 is 0 Å². The molecule has 128 valence electrons. The third-order valence-electron chi connectivity index (χ3n) is 4.43. The lowest BCUT2D eigenvalue weighted by molar-refractivity contribution is 0.0796. The highest BCUT2D eigenvalue weighted by Gasteiger charge is 2.26. The van der Waals surface area contributed by atoms with Crippen LogP contribution < -0.4 is 10.6 Å². The van der Waals surface area contributed by atoms with Crippen LogP contribution in [0.5, 0.6) is 0 Å². The van der Waals surface area contributed by atoms with Crippen molar-refractivity contribution in [1.29, 1.82) is 0 Å². The number of hydrogen-bond acceptors (Lipinski definition) is 3. The van der Waals surface area contributed by atoms with Gasteiger partial charge in [-0.25, -0.2) is 4.79 Å². The van der Waals surface area contributed by atoms with Gasteiger partial charge in [-0.1, -0.05) is 37.3 Å². The van der Waals surface area contributed by atoms with E-state index in [9.17, 15) is 9.90 Å². The summed E-state index contributed by atoms with van der Waals surface area (Å²) in [5.41, 5.74) is 1.13. The SMILES string of the molecule is CCC(NC(=O)NCC(CCO)c1ccccc1)C1CCCO1. The van der Waals surface area contributed by atoms with Gasteiger partial charge in [0.05, 0.1) is 12.1 Å². The summed E-state index contributed by atoms with van der Waals surface area (Å²) in [5.74, 6) is 0.120. The van der Waals surface area contributed by atoms with E-state index in [1.165, 1.54) is 0 Å². The van der Waals surface area contributed by atoms with Crippen molar-refractivity contribution in [2.75, 3.05) is 19.8 Å². The van der Waals surface area contributed by atoms with E-state index in [1.54, 1.807) is 0 Å². The molecule has 0 spiro atoms. The van der Waals surface area contributed by atoms with E-state index in [0.717, 1.165) is 31.4 Å². The van der Waals surface area contributed by atoms with Gasteiger partial charge in [0.15, 0.2) is 0 Å². The minimum Gasteiger partial charge on any atom is -0.396 e. The first-order valence-corrected chi connectivity index (χ1v) is 8.56. The first kappa shape index (κ1) is 17.8. The molecule has 1 aliphatic rings. The molecular weight excluding hydrogens is 292 g/mol. The molecule has 1 aliphatic heterocycles. The Hall–Kier alpha value is -1.59. The van der Waals surface area contributed by atoms with Crippen LogP contribution in [-0.4, -0.2) is 43.0 Å². The summed E-state index contributed by atoms with van der Waals surface area (Å²) in [6, 6.07) is 9.88. The second-order valence-corrected chi connectivity index (χ2v) is 6.04. The number of amides is 2. The van der Waals surface area contributed by atoms with Gasteiger partial charge in [0.2, 0.25) is 0 Å². The molecule has 0 aromatic heterocycles. The van der Waals surface area contributed by atoms with Gasteiger partial charge in [0.1, 0.15) is 0 Å². The van der Waals surface area contributed by atoms with Gasteiger partial charge < -0.3 is 20.5 Å². The van der Waals surface area contributed by atoms with Crippen LogP contribution in [-0.2, 0) is 4.74 Å². The number of carbonyl (C=O) groups excluding carboxylic acids is 1. The maximum absolute atomic E-state index is 12.2. The smallest absolute Gasteiger partial charge is 0.315 e. The van der Waals surface area contributed by atoms with Gasteiger partial charge >= 0.3 is 6.03 Å². The molecule has 1 saturated heterocycles. The Morgan fingerprint density at radius 2 is 2.17 bits per heavy atom. The van der Waals surface area contributed by atoms with Crippen LogP contribution in [0.1, 0.15) is 44.1 Å². The van der Waals surface area contributed by atoms with E-state index in [0.29, 0.717) is 13.0 Å². The van der Waals surface area contributed by atoms with E-state index in [-0.39, 0.29) is 30.7 Å². The molecule has 3 unspecified atom stereocenters. The monoisotopic (exact) mass is 320 g/mol. The molecule has 1 heterocycles. The minimum atomic E-state index is -0.161. The second kappa shape index (κ2) is 9.53. The zero-order chi connectivity index (χ0) is 16.5. The van der Waals surface area contributed by atoms with Crippen molar-refractivity contribution in [2.24, 2.45) is 0 Å². The molecule has 3 atom stereocenters. The maximum atomic E-state index is 12.2. The van der Waals surface area contributed by atoms with Crippen LogP contribution in [0.4, 0.5) is 4.79 Å². The summed E-state index contributed by atoms with van der Waals surface area (Å²) in [7, 11) is 0. The average molecular weight is 320 g/mol. The number of ether oxygens (including phenoxy) is 1. The summed E-state index contributed by atoms with van der Waals surface area (Å²) in [6.07, 6.45) is 3.70. The van der Waals surface area contributed by atoms with Gasteiger partial charge in [-0.15, -0.1) is 0 Å². The highest BCUT2D eigenvalue weighted by Crippen LogP contribution is 2.19. The lowest BCUT2D eigenvalue weighted by Crippen LogP contribution is -2.48. The normalized spacial score (nSPS) is 20.0. The fourth-order valence-electron chi connectivity index (χ4n) is 3.08. The molecule has 1 aromatic carbocycles. The molecule has 0 aliphatic carbocycles. The molecule has 0 bridgehead atoms. The van der Waals surface area contributed by atoms with E-state index >= 15 is 0 Å². The number of aliphatic hydroxyl groups is 1. The molecule has 5 nitrogen and oxygen atoms in total. The number of benzene rings is 1. The molecule has 2 amide bonds. The predicted octanol–water partition coefficient (Wildman–Crippen LogP) is 2.41. The minimum absolute atomic E-state index is 0.0607. The van der Waals surface area contributed by atoms with Gasteiger partial charge in [-0.3, -0.25) is 0 Å². The fourth-order valence-corrected chi connectivity index (χ4v) is 3.08. The number of hydrogen-bond donors (Lipinski definition) is 3. The fraction of sp³-hybridized carbons (Fsp3) is 0.611. The Morgan fingerprint density at radius 1 is 1.39 bits per heavy atom. The average Bonchev–Trinajstić information content (AvgIpc) is 3.11. The topological polar surface area (TPSA) is 70.6 Å². The summed E-state index contributed by atoms with van der Waals surface area (Å²) in [5, 5.41) is 15.2. The lowest BCUT2D eigenvalue weighted by Gasteiger charge is -2.24. The third kappa shape index (κ3) is 5.52. The predicted molar refractivity (Wildman–Crippen MR) is 90.5 cm³/mol. The van der Waals surface area contributed by atoms with Crippen molar-refractivity contribution in [3.63, 3.8) is 0 Å². The first-order valence-electron chi connectivity index (χ1n) is 8.56. The molecule has 5 heteroatoms. The number of carbonyl (C=O) groups is 1. The Labute approximate surface area is 138 Å². The van der Waals surface area contributed by atoms with Crippen molar-refractivity contribution < 1.29 is 14.6 Å². The molecule has 1 aromatic rings. The summed E-state index contributed by atoms with van der Waals surface area (Å²) in [6.45, 7) is 3.47. The van der Waals surface area contributed by atoms with Crippen molar-refractivity contribution in [2.45, 2.75) is 50.7 Å². The third-order valence-corrected chi connectivity index (χ3v) is 4.43. The Balaban J connectivity index is 1.83. The van der Waals surface area contributed by atoms with E-state index in [1.807, 2.05) is 30.3 Å². The van der Waals surface area contributed by atoms with Crippen LogP contribution in [0.25, 0.3) is 0 Å². The quantitative estimate of drug-likeness (QED) is 0.689. The molecule has 3 N–H and O–H groups in total. The molecule has 2 rings (SSSR count). The highest BCUT2D eigenvalue weighted by atomic mass is 16.5. The molecule has 0 saturated carbocycles. The van der Waals surface area contributed by atoms with Crippen LogP contribution in [0, 0.1) is 0 Å². The van der Waals surface area contributed by atoms with Crippen LogP contribution in [0.15, 0.2) is 30.3 Å². The van der Waals surface area contributed by atoms with Crippen molar-refractivity contribution in [3.8, 4) is 0 Å². The van der Waals surface area contributed by atoms with E-state index in [2.05, 4.69) is 17.6 Å². The molecule has 1 fully saturated rings. The zero-order valence-corrected chi connectivity index (χ0v) is 13.8. The zero-order valence-electron chi connectivity index (χ0n) is 13.8. The Kier molecular flexibility index (Phi) is 7.36. The highest BCUT2D eigenvalue weighted by molar-refractivity contribution is 5.74. The molecule has 0 radical (unpaired) electrons.